The molecule has 0 aliphatic carbocycles. The van der Waals surface area contributed by atoms with Gasteiger partial charge in [-0.05, 0) is 23.8 Å². The minimum absolute atomic E-state index is 0.831. The number of nitrogens with zero attached hydrogens (tertiary/aromatic N) is 1. The number of para-hydroxylation sites is 1. The van der Waals surface area contributed by atoms with Gasteiger partial charge >= 0.3 is 0 Å². The third kappa shape index (κ3) is 2.64. The van der Waals surface area contributed by atoms with Crippen molar-refractivity contribution >= 4 is 21.8 Å². The summed E-state index contributed by atoms with van der Waals surface area (Å²) in [5, 5.41) is 2.57. The lowest BCUT2D eigenvalue weighted by Gasteiger charge is -2.26. The minimum Gasteiger partial charge on any atom is -0.379 e. The predicted octanol–water partition coefficient (Wildman–Crippen LogP) is 4.15. The molecule has 126 valence electrons. The van der Waals surface area contributed by atoms with E-state index in [0.29, 0.717) is 0 Å². The minimum atomic E-state index is 0.831. The molecule has 0 amide bonds. The normalized spacial score (nSPS) is 16.0. The zero-order valence-electron chi connectivity index (χ0n) is 14.1. The molecule has 0 bridgehead atoms. The molecule has 4 aromatic rings. The molecule has 1 fully saturated rings. The molecule has 25 heavy (non-hydrogen) atoms. The SMILES string of the molecule is c1ccc2[nH]c(-c3cccc4[nH]cc(CN5CCOCC5)c34)cc2c1. The molecular weight excluding hydrogens is 310 g/mol. The van der Waals surface area contributed by atoms with Gasteiger partial charge in [0.25, 0.3) is 0 Å². The molecule has 1 aliphatic heterocycles. The Hall–Kier alpha value is -2.56. The summed E-state index contributed by atoms with van der Waals surface area (Å²) in [7, 11) is 0. The average Bonchev–Trinajstić information content (AvgIpc) is 3.27. The van der Waals surface area contributed by atoms with E-state index in [-0.39, 0.29) is 0 Å². The van der Waals surface area contributed by atoms with Crippen LogP contribution in [-0.2, 0) is 11.3 Å². The van der Waals surface area contributed by atoms with Crippen LogP contribution in [0, 0.1) is 0 Å². The van der Waals surface area contributed by atoms with Crippen LogP contribution >= 0.6 is 0 Å². The second kappa shape index (κ2) is 6.06. The first kappa shape index (κ1) is 14.8. The highest BCUT2D eigenvalue weighted by Gasteiger charge is 2.16. The Morgan fingerprint density at radius 3 is 2.68 bits per heavy atom. The quantitative estimate of drug-likeness (QED) is 0.592. The third-order valence-electron chi connectivity index (χ3n) is 5.11. The summed E-state index contributed by atoms with van der Waals surface area (Å²) in [4.78, 5) is 9.49. The molecule has 4 nitrogen and oxygen atoms in total. The van der Waals surface area contributed by atoms with Crippen LogP contribution in [0.2, 0.25) is 0 Å². The fraction of sp³-hybridized carbons (Fsp3) is 0.238. The highest BCUT2D eigenvalue weighted by atomic mass is 16.5. The summed E-state index contributed by atoms with van der Waals surface area (Å²) in [6.07, 6.45) is 2.16. The van der Waals surface area contributed by atoms with Crippen molar-refractivity contribution in [1.29, 1.82) is 0 Å². The zero-order valence-corrected chi connectivity index (χ0v) is 14.1. The molecule has 1 saturated heterocycles. The Kier molecular flexibility index (Phi) is 3.58. The van der Waals surface area contributed by atoms with E-state index in [1.165, 1.54) is 38.6 Å². The lowest BCUT2D eigenvalue weighted by atomic mass is 10.0. The molecule has 3 heterocycles. The molecule has 0 unspecified atom stereocenters. The number of aromatic amines is 2. The average molecular weight is 331 g/mol. The van der Waals surface area contributed by atoms with E-state index >= 15 is 0 Å². The van der Waals surface area contributed by atoms with E-state index in [0.717, 1.165) is 32.8 Å². The monoisotopic (exact) mass is 331 g/mol. The van der Waals surface area contributed by atoms with Gasteiger partial charge < -0.3 is 14.7 Å². The van der Waals surface area contributed by atoms with Crippen LogP contribution in [0.15, 0.2) is 54.7 Å². The summed E-state index contributed by atoms with van der Waals surface area (Å²) in [5.74, 6) is 0. The number of H-pyrrole nitrogens is 2. The van der Waals surface area contributed by atoms with Crippen LogP contribution in [0.4, 0.5) is 0 Å². The number of hydrogen-bond donors (Lipinski definition) is 2. The molecule has 2 N–H and O–H groups in total. The number of hydrogen-bond acceptors (Lipinski definition) is 2. The number of benzene rings is 2. The molecule has 0 saturated carbocycles. The standard InChI is InChI=1S/C21H21N3O/c1-2-6-18-15(4-1)12-20(23-18)17-5-3-7-19-21(17)16(13-22-19)14-24-8-10-25-11-9-24/h1-7,12-13,22-23H,8-11,14H2. The van der Waals surface area contributed by atoms with E-state index in [1.54, 1.807) is 0 Å². The van der Waals surface area contributed by atoms with Gasteiger partial charge in [-0.1, -0.05) is 30.3 Å². The first-order valence-corrected chi connectivity index (χ1v) is 8.86. The molecule has 2 aromatic heterocycles. The maximum absolute atomic E-state index is 5.48. The van der Waals surface area contributed by atoms with Gasteiger partial charge in [-0.2, -0.15) is 0 Å². The second-order valence-corrected chi connectivity index (χ2v) is 6.70. The number of nitrogens with one attached hydrogen (secondary N) is 2. The summed E-state index contributed by atoms with van der Waals surface area (Å²) in [5.41, 5.74) is 6.16. The van der Waals surface area contributed by atoms with Gasteiger partial charge in [0.05, 0.1) is 13.2 Å². The first-order chi connectivity index (χ1) is 12.4. The Bertz CT molecular complexity index is 991. The van der Waals surface area contributed by atoms with Crippen molar-refractivity contribution < 1.29 is 4.74 Å². The molecule has 5 rings (SSSR count). The van der Waals surface area contributed by atoms with Crippen molar-refractivity contribution in [3.63, 3.8) is 0 Å². The van der Waals surface area contributed by atoms with Crippen molar-refractivity contribution in [2.45, 2.75) is 6.54 Å². The maximum Gasteiger partial charge on any atom is 0.0594 e. The summed E-state index contributed by atoms with van der Waals surface area (Å²) < 4.78 is 5.48. The van der Waals surface area contributed by atoms with Gasteiger partial charge in [0.15, 0.2) is 0 Å². The number of ether oxygens (including phenoxy) is 1. The van der Waals surface area contributed by atoms with Crippen molar-refractivity contribution in [2.24, 2.45) is 0 Å². The van der Waals surface area contributed by atoms with E-state index in [9.17, 15) is 0 Å². The van der Waals surface area contributed by atoms with E-state index < -0.39 is 0 Å². The summed E-state index contributed by atoms with van der Waals surface area (Å²) >= 11 is 0. The lowest BCUT2D eigenvalue weighted by molar-refractivity contribution is 0.0344. The Labute approximate surface area is 146 Å². The Morgan fingerprint density at radius 2 is 1.80 bits per heavy atom. The number of rotatable bonds is 3. The molecular formula is C21H21N3O. The smallest absolute Gasteiger partial charge is 0.0594 e. The van der Waals surface area contributed by atoms with E-state index in [2.05, 4.69) is 69.6 Å². The maximum atomic E-state index is 5.48. The molecule has 0 radical (unpaired) electrons. The first-order valence-electron chi connectivity index (χ1n) is 8.86. The Balaban J connectivity index is 1.61. The largest absolute Gasteiger partial charge is 0.379 e. The fourth-order valence-electron chi connectivity index (χ4n) is 3.82. The van der Waals surface area contributed by atoms with Crippen molar-refractivity contribution in [3.05, 3.63) is 60.3 Å². The molecule has 2 aromatic carbocycles. The lowest BCUT2D eigenvalue weighted by Crippen LogP contribution is -2.35. The predicted molar refractivity (Wildman–Crippen MR) is 102 cm³/mol. The highest BCUT2D eigenvalue weighted by molar-refractivity contribution is 5.99. The zero-order chi connectivity index (χ0) is 16.6. The number of fused-ring (bicyclic) bond motifs is 2. The number of aromatic nitrogens is 2. The van der Waals surface area contributed by atoms with E-state index in [1.807, 2.05) is 0 Å². The van der Waals surface area contributed by atoms with Crippen molar-refractivity contribution in [1.82, 2.24) is 14.9 Å². The molecule has 1 aliphatic rings. The molecule has 0 spiro atoms. The van der Waals surface area contributed by atoms with Crippen LogP contribution in [0.5, 0.6) is 0 Å². The third-order valence-corrected chi connectivity index (χ3v) is 5.11. The summed E-state index contributed by atoms with van der Waals surface area (Å²) in [6, 6.07) is 17.2. The van der Waals surface area contributed by atoms with Gasteiger partial charge in [0, 0.05) is 58.9 Å². The highest BCUT2D eigenvalue weighted by Crippen LogP contribution is 2.33. The van der Waals surface area contributed by atoms with Crippen LogP contribution in [0.3, 0.4) is 0 Å². The van der Waals surface area contributed by atoms with Gasteiger partial charge in [-0.25, -0.2) is 0 Å². The van der Waals surface area contributed by atoms with Crippen LogP contribution < -0.4 is 0 Å². The van der Waals surface area contributed by atoms with Crippen molar-refractivity contribution in [2.75, 3.05) is 26.3 Å². The second-order valence-electron chi connectivity index (χ2n) is 6.70. The van der Waals surface area contributed by atoms with Gasteiger partial charge in [0.1, 0.15) is 0 Å². The van der Waals surface area contributed by atoms with Crippen molar-refractivity contribution in [3.8, 4) is 11.3 Å². The van der Waals surface area contributed by atoms with Gasteiger partial charge in [-0.15, -0.1) is 0 Å². The van der Waals surface area contributed by atoms with Crippen LogP contribution in [0.1, 0.15) is 5.56 Å². The number of morpholine rings is 1. The van der Waals surface area contributed by atoms with Crippen LogP contribution in [-0.4, -0.2) is 41.2 Å². The fourth-order valence-corrected chi connectivity index (χ4v) is 3.82. The van der Waals surface area contributed by atoms with E-state index in [4.69, 9.17) is 4.74 Å². The summed E-state index contributed by atoms with van der Waals surface area (Å²) in [6.45, 7) is 4.62. The molecule has 4 heteroatoms. The van der Waals surface area contributed by atoms with Gasteiger partial charge in [-0.3, -0.25) is 4.90 Å². The topological polar surface area (TPSA) is 44.0 Å². The molecule has 0 atom stereocenters. The van der Waals surface area contributed by atoms with Crippen LogP contribution in [0.25, 0.3) is 33.1 Å². The van der Waals surface area contributed by atoms with Gasteiger partial charge in [0.2, 0.25) is 0 Å². The Morgan fingerprint density at radius 1 is 0.960 bits per heavy atom.